The molecule has 0 heterocycles. The highest BCUT2D eigenvalue weighted by Gasteiger charge is 2.29. The van der Waals surface area contributed by atoms with E-state index in [0.717, 1.165) is 27.8 Å². The van der Waals surface area contributed by atoms with Crippen LogP contribution in [0.2, 0.25) is 0 Å². The van der Waals surface area contributed by atoms with Crippen molar-refractivity contribution in [3.05, 3.63) is 57.6 Å². The van der Waals surface area contributed by atoms with Crippen molar-refractivity contribution >= 4 is 15.6 Å². The number of hydrogen-bond donors (Lipinski definition) is 6. The highest BCUT2D eigenvalue weighted by Crippen LogP contribution is 2.53. The topological polar surface area (TPSA) is 165 Å². The fourth-order valence-electron chi connectivity index (χ4n) is 3.39. The summed E-state index contributed by atoms with van der Waals surface area (Å²) in [6.07, 6.45) is 0. The lowest BCUT2D eigenvalue weighted by Crippen LogP contribution is -2.23. The molecule has 0 amide bonds. The van der Waals surface area contributed by atoms with Crippen LogP contribution in [-0.4, -0.2) is 29.8 Å². The summed E-state index contributed by atoms with van der Waals surface area (Å²) < 4.78 is 22.2. The van der Waals surface area contributed by atoms with Crippen LogP contribution < -0.4 is 0 Å². The van der Waals surface area contributed by atoms with Crippen LogP contribution in [0.25, 0.3) is 0 Å². The van der Waals surface area contributed by atoms with Crippen LogP contribution in [-0.2, 0) is 18.9 Å². The van der Waals surface area contributed by atoms with E-state index in [1.165, 1.54) is 5.56 Å². The van der Waals surface area contributed by atoms with Crippen molar-refractivity contribution in [2.24, 2.45) is 0 Å². The van der Waals surface area contributed by atoms with Gasteiger partial charge in [-0.15, -0.1) is 0 Å². The monoisotopic (exact) mass is 462 g/mol. The van der Waals surface area contributed by atoms with E-state index in [9.17, 15) is 19.3 Å². The molecule has 30 heavy (non-hydrogen) atoms. The van der Waals surface area contributed by atoms with E-state index in [2.05, 4.69) is 32.0 Å². The number of phenols is 2. The Kier molecular flexibility index (Phi) is 8.08. The molecule has 0 spiro atoms. The second-order valence-electron chi connectivity index (χ2n) is 7.46. The van der Waals surface area contributed by atoms with Crippen molar-refractivity contribution in [3.63, 3.8) is 0 Å². The molecule has 0 fully saturated rings. The van der Waals surface area contributed by atoms with Gasteiger partial charge in [-0.2, -0.15) is 4.31 Å². The van der Waals surface area contributed by atoms with Gasteiger partial charge in [-0.25, -0.2) is 9.13 Å². The average Bonchev–Trinajstić information content (AvgIpc) is 2.56. The normalized spacial score (nSPS) is 12.3. The molecular weight excluding hydrogens is 434 g/mol. The number of benzene rings is 2. The number of phosphoric acid groups is 2. The minimum Gasteiger partial charge on any atom is -0.508 e. The summed E-state index contributed by atoms with van der Waals surface area (Å²) in [5.74, 6) is 0.677. The summed E-state index contributed by atoms with van der Waals surface area (Å²) in [5, 5.41) is 19.7. The lowest BCUT2D eigenvalue weighted by atomic mass is 9.72. The Morgan fingerprint density at radius 1 is 0.733 bits per heavy atom. The SMILES string of the molecule is Cc1c(C)c(C(C)(C)c2ccc(O)cc2)c(C)c(C)c1O.O=P(O)(O)OP(=O)(O)O. The first-order valence-corrected chi connectivity index (χ1v) is 11.9. The van der Waals surface area contributed by atoms with Gasteiger partial charge in [0.2, 0.25) is 0 Å². The molecule has 0 aliphatic heterocycles. The molecule has 6 N–H and O–H groups in total. The molecule has 0 aliphatic carbocycles. The molecule has 9 nitrogen and oxygen atoms in total. The Labute approximate surface area is 175 Å². The highest BCUT2D eigenvalue weighted by molar-refractivity contribution is 7.60. The summed E-state index contributed by atoms with van der Waals surface area (Å²) in [6, 6.07) is 7.38. The molecule has 2 rings (SSSR count). The summed E-state index contributed by atoms with van der Waals surface area (Å²) in [6.45, 7) is 12.4. The van der Waals surface area contributed by atoms with E-state index < -0.39 is 15.6 Å². The minimum absolute atomic E-state index is 0.189. The summed E-state index contributed by atoms with van der Waals surface area (Å²) >= 11 is 0. The van der Waals surface area contributed by atoms with E-state index in [1.807, 2.05) is 26.0 Å². The maximum Gasteiger partial charge on any atom is 0.478 e. The van der Waals surface area contributed by atoms with Gasteiger partial charge in [0, 0.05) is 5.41 Å². The first kappa shape index (κ1) is 26.3. The van der Waals surface area contributed by atoms with Gasteiger partial charge >= 0.3 is 15.6 Å². The standard InChI is InChI=1S/C19H24O2.H4O7P2/c1-11-13(3)18(21)14(4)12(2)17(11)19(5,6)15-7-9-16(20)10-8-15;1-8(2,3)7-9(4,5)6/h7-10,20-21H,1-6H3;(H2,1,2,3)(H2,4,5,6). The Morgan fingerprint density at radius 3 is 1.40 bits per heavy atom. The molecule has 0 unspecified atom stereocenters. The van der Waals surface area contributed by atoms with Gasteiger partial charge in [-0.1, -0.05) is 26.0 Å². The molecule has 168 valence electrons. The lowest BCUT2D eigenvalue weighted by Gasteiger charge is -2.32. The summed E-state index contributed by atoms with van der Waals surface area (Å²) in [7, 11) is -10.1. The highest BCUT2D eigenvalue weighted by atomic mass is 31.3. The number of aromatic hydroxyl groups is 2. The van der Waals surface area contributed by atoms with Crippen LogP contribution in [0.15, 0.2) is 24.3 Å². The number of phenolic OH excluding ortho intramolecular Hbond substituents is 2. The molecular formula is C19H28O9P2. The van der Waals surface area contributed by atoms with E-state index in [0.29, 0.717) is 5.75 Å². The van der Waals surface area contributed by atoms with Gasteiger partial charge < -0.3 is 29.8 Å². The van der Waals surface area contributed by atoms with Crippen LogP contribution in [0.5, 0.6) is 11.5 Å². The fraction of sp³-hybridized carbons (Fsp3) is 0.368. The molecule has 0 aliphatic rings. The Bertz CT molecular complexity index is 953. The van der Waals surface area contributed by atoms with Gasteiger partial charge in [0.05, 0.1) is 0 Å². The predicted octanol–water partition coefficient (Wildman–Crippen LogP) is 3.85. The molecule has 2 aromatic carbocycles. The van der Waals surface area contributed by atoms with Crippen LogP contribution in [0.4, 0.5) is 0 Å². The molecule has 2 aromatic rings. The predicted molar refractivity (Wildman–Crippen MR) is 112 cm³/mol. The van der Waals surface area contributed by atoms with Crippen molar-refractivity contribution in [2.45, 2.75) is 47.0 Å². The van der Waals surface area contributed by atoms with E-state index in [-0.39, 0.29) is 11.2 Å². The average molecular weight is 462 g/mol. The van der Waals surface area contributed by atoms with Crippen LogP contribution >= 0.6 is 15.6 Å². The van der Waals surface area contributed by atoms with Crippen molar-refractivity contribution in [2.75, 3.05) is 0 Å². The molecule has 0 atom stereocenters. The van der Waals surface area contributed by atoms with Gasteiger partial charge in [0.15, 0.2) is 0 Å². The van der Waals surface area contributed by atoms with Crippen molar-refractivity contribution < 1.29 is 43.2 Å². The quantitative estimate of drug-likeness (QED) is 0.370. The molecule has 0 bridgehead atoms. The Balaban J connectivity index is 0.000000424. The lowest BCUT2D eigenvalue weighted by molar-refractivity contribution is 0.225. The smallest absolute Gasteiger partial charge is 0.478 e. The van der Waals surface area contributed by atoms with Crippen molar-refractivity contribution in [3.8, 4) is 11.5 Å². The zero-order valence-corrected chi connectivity index (χ0v) is 19.4. The molecule has 0 saturated heterocycles. The maximum absolute atomic E-state index is 10.2. The Morgan fingerprint density at radius 2 is 1.10 bits per heavy atom. The third kappa shape index (κ3) is 6.65. The van der Waals surface area contributed by atoms with Crippen LogP contribution in [0.1, 0.15) is 47.2 Å². The molecule has 11 heteroatoms. The zero-order valence-electron chi connectivity index (χ0n) is 17.6. The largest absolute Gasteiger partial charge is 0.508 e. The van der Waals surface area contributed by atoms with E-state index >= 15 is 0 Å². The molecule has 0 aromatic heterocycles. The second kappa shape index (κ2) is 9.20. The van der Waals surface area contributed by atoms with E-state index in [1.54, 1.807) is 12.1 Å². The maximum atomic E-state index is 10.2. The van der Waals surface area contributed by atoms with Gasteiger partial charge in [-0.05, 0) is 73.2 Å². The van der Waals surface area contributed by atoms with Crippen LogP contribution in [0.3, 0.4) is 0 Å². The van der Waals surface area contributed by atoms with Gasteiger partial charge in [0.25, 0.3) is 0 Å². The minimum atomic E-state index is -5.05. The first-order chi connectivity index (χ1) is 13.4. The third-order valence-corrected chi connectivity index (χ3v) is 6.71. The van der Waals surface area contributed by atoms with Crippen molar-refractivity contribution in [1.29, 1.82) is 0 Å². The summed E-state index contributed by atoms with van der Waals surface area (Å²) in [5.41, 5.74) is 6.37. The van der Waals surface area contributed by atoms with Crippen molar-refractivity contribution in [1.82, 2.24) is 0 Å². The van der Waals surface area contributed by atoms with Gasteiger partial charge in [0.1, 0.15) is 11.5 Å². The van der Waals surface area contributed by atoms with E-state index in [4.69, 9.17) is 19.6 Å². The zero-order chi connectivity index (χ0) is 23.7. The molecule has 0 radical (unpaired) electrons. The second-order valence-corrected chi connectivity index (χ2v) is 10.1. The fourth-order valence-corrected chi connectivity index (χ4v) is 4.50. The Hall–Kier alpha value is -1.70. The first-order valence-electron chi connectivity index (χ1n) is 8.80. The number of rotatable bonds is 4. The van der Waals surface area contributed by atoms with Gasteiger partial charge in [-0.3, -0.25) is 0 Å². The number of hydrogen-bond acceptors (Lipinski definition) is 5. The third-order valence-electron chi connectivity index (χ3n) is 5.01. The summed E-state index contributed by atoms with van der Waals surface area (Å²) in [4.78, 5) is 31.0. The molecule has 0 saturated carbocycles. The van der Waals surface area contributed by atoms with Crippen LogP contribution in [0, 0.1) is 27.7 Å².